The molecule has 0 unspecified atom stereocenters. The molecule has 0 aliphatic carbocycles. The lowest BCUT2D eigenvalue weighted by Crippen LogP contribution is -2.09. The molecule has 3 heteroatoms. The van der Waals surface area contributed by atoms with Gasteiger partial charge in [0.1, 0.15) is 5.75 Å². The molecule has 0 spiro atoms. The summed E-state index contributed by atoms with van der Waals surface area (Å²) in [5, 5.41) is 0. The summed E-state index contributed by atoms with van der Waals surface area (Å²) in [6.45, 7) is 4.04. The Bertz CT molecular complexity index is 233. The molecule has 1 aromatic rings. The van der Waals surface area contributed by atoms with Crippen LogP contribution in [0.4, 0.5) is 0 Å². The molecule has 0 aliphatic rings. The van der Waals surface area contributed by atoms with E-state index in [1.807, 2.05) is 38.1 Å². The van der Waals surface area contributed by atoms with E-state index in [9.17, 15) is 0 Å². The Kier molecular flexibility index (Phi) is 4.19. The molecular formula is C9H11ClMgO. The van der Waals surface area contributed by atoms with Crippen molar-refractivity contribution in [2.75, 3.05) is 0 Å². The second kappa shape index (κ2) is 4.95. The van der Waals surface area contributed by atoms with Gasteiger partial charge >= 0.3 is 19.3 Å². The smallest absolute Gasteiger partial charge is 0.491 e. The van der Waals surface area contributed by atoms with Crippen LogP contribution < -0.4 is 8.43 Å². The lowest BCUT2D eigenvalue weighted by molar-refractivity contribution is 0.242. The zero-order valence-electron chi connectivity index (χ0n) is 7.38. The zero-order chi connectivity index (χ0) is 8.97. The average molecular weight is 195 g/mol. The third kappa shape index (κ3) is 3.21. The summed E-state index contributed by atoms with van der Waals surface area (Å²) in [6.07, 6.45) is 0.240. The monoisotopic (exact) mass is 194 g/mol. The minimum atomic E-state index is -0.535. The van der Waals surface area contributed by atoms with E-state index in [1.165, 1.54) is 3.69 Å². The first-order chi connectivity index (χ1) is 5.72. The Morgan fingerprint density at radius 3 is 2.25 bits per heavy atom. The third-order valence-corrected chi connectivity index (χ3v) is 3.16. The number of ether oxygens (including phenoxy) is 1. The highest BCUT2D eigenvalue weighted by Crippen LogP contribution is 2.09. The molecule has 0 saturated carbocycles. The van der Waals surface area contributed by atoms with E-state index in [4.69, 9.17) is 13.8 Å². The quantitative estimate of drug-likeness (QED) is 0.669. The SMILES string of the molecule is CC(C)Oc1cc[c]([Mg][Cl])cc1. The number of hydrogen-bond acceptors (Lipinski definition) is 1. The number of rotatable bonds is 3. The predicted octanol–water partition coefficient (Wildman–Crippen LogP) is 1.96. The molecule has 0 heterocycles. The molecule has 0 aliphatic heterocycles. The van der Waals surface area contributed by atoms with Gasteiger partial charge in [-0.05, 0) is 26.0 Å². The van der Waals surface area contributed by atoms with Gasteiger partial charge < -0.3 is 13.8 Å². The zero-order valence-corrected chi connectivity index (χ0v) is 9.55. The van der Waals surface area contributed by atoms with Crippen LogP contribution in [0.25, 0.3) is 0 Å². The number of hydrogen-bond donors (Lipinski definition) is 0. The van der Waals surface area contributed by atoms with E-state index in [2.05, 4.69) is 0 Å². The van der Waals surface area contributed by atoms with Crippen molar-refractivity contribution in [3.05, 3.63) is 24.3 Å². The van der Waals surface area contributed by atoms with Gasteiger partial charge in [-0.2, -0.15) is 0 Å². The van der Waals surface area contributed by atoms with Gasteiger partial charge in [0.25, 0.3) is 0 Å². The maximum absolute atomic E-state index is 5.78. The third-order valence-electron chi connectivity index (χ3n) is 1.45. The van der Waals surface area contributed by atoms with Crippen LogP contribution >= 0.6 is 9.07 Å². The van der Waals surface area contributed by atoms with Crippen LogP contribution in [-0.2, 0) is 0 Å². The predicted molar refractivity (Wildman–Crippen MR) is 53.4 cm³/mol. The summed E-state index contributed by atoms with van der Waals surface area (Å²) in [6, 6.07) is 8.03. The van der Waals surface area contributed by atoms with Gasteiger partial charge in [0.15, 0.2) is 0 Å². The first-order valence-corrected chi connectivity index (χ1v) is 6.88. The van der Waals surface area contributed by atoms with Crippen LogP contribution in [0.1, 0.15) is 13.8 Å². The van der Waals surface area contributed by atoms with Crippen molar-refractivity contribution in [2.24, 2.45) is 0 Å². The largest absolute Gasteiger partial charge is 0.538 e. The van der Waals surface area contributed by atoms with E-state index in [0.717, 1.165) is 5.75 Å². The minimum absolute atomic E-state index is 0.240. The first kappa shape index (κ1) is 10.2. The van der Waals surface area contributed by atoms with Crippen molar-refractivity contribution in [2.45, 2.75) is 20.0 Å². The summed E-state index contributed by atoms with van der Waals surface area (Å²) in [5.41, 5.74) is 0. The van der Waals surface area contributed by atoms with Crippen molar-refractivity contribution >= 4 is 32.0 Å². The Labute approximate surface area is 86.6 Å². The summed E-state index contributed by atoms with van der Waals surface area (Å²) >= 11 is -0.535. The summed E-state index contributed by atoms with van der Waals surface area (Å²) in [7, 11) is 5.78. The molecular weight excluding hydrogens is 184 g/mol. The van der Waals surface area contributed by atoms with Gasteiger partial charge in [0.2, 0.25) is 0 Å². The Hall–Kier alpha value is 0.0762. The maximum Gasteiger partial charge on any atom is 0.538 e. The molecule has 1 aromatic carbocycles. The molecule has 0 amide bonds. The fourth-order valence-electron chi connectivity index (χ4n) is 0.929. The summed E-state index contributed by atoms with van der Waals surface area (Å²) in [5.74, 6) is 0.924. The molecule has 0 atom stereocenters. The average Bonchev–Trinajstić information content (AvgIpc) is 2.05. The van der Waals surface area contributed by atoms with Crippen molar-refractivity contribution in [1.29, 1.82) is 0 Å². The van der Waals surface area contributed by atoms with E-state index in [1.54, 1.807) is 0 Å². The highest BCUT2D eigenvalue weighted by Gasteiger charge is 1.98. The second-order valence-electron chi connectivity index (χ2n) is 2.94. The molecule has 0 saturated heterocycles. The summed E-state index contributed by atoms with van der Waals surface area (Å²) in [4.78, 5) is 0. The van der Waals surface area contributed by atoms with Gasteiger partial charge in [0, 0.05) is 0 Å². The topological polar surface area (TPSA) is 9.23 Å². The number of benzene rings is 1. The number of halogens is 1. The van der Waals surface area contributed by atoms with E-state index in [0.29, 0.717) is 0 Å². The van der Waals surface area contributed by atoms with Crippen molar-refractivity contribution in [3.8, 4) is 5.75 Å². The molecule has 0 N–H and O–H groups in total. The van der Waals surface area contributed by atoms with Gasteiger partial charge in [-0.1, -0.05) is 12.1 Å². The van der Waals surface area contributed by atoms with Crippen LogP contribution in [0.15, 0.2) is 24.3 Å². The fourth-order valence-corrected chi connectivity index (χ4v) is 1.88. The lowest BCUT2D eigenvalue weighted by Gasteiger charge is -2.09. The fraction of sp³-hybridized carbons (Fsp3) is 0.333. The maximum atomic E-state index is 5.78. The second-order valence-corrected chi connectivity index (χ2v) is 4.83. The molecule has 12 heavy (non-hydrogen) atoms. The molecule has 0 radical (unpaired) electrons. The van der Waals surface area contributed by atoms with Crippen molar-refractivity contribution in [3.63, 3.8) is 0 Å². The molecule has 0 aromatic heterocycles. The standard InChI is InChI=1S/C9H11O.ClH.Mg/c1-8(2)10-9-6-4-3-5-7-9;;/h4-8H,1-2H3;1H;/q;;+1/p-1. The normalized spacial score (nSPS) is 9.67. The minimum Gasteiger partial charge on any atom is -0.491 e. The first-order valence-electron chi connectivity index (χ1n) is 4.04. The van der Waals surface area contributed by atoms with Crippen LogP contribution in [0.2, 0.25) is 0 Å². The molecule has 1 rings (SSSR count). The van der Waals surface area contributed by atoms with Crippen LogP contribution in [0, 0.1) is 0 Å². The highest BCUT2D eigenvalue weighted by atomic mass is 35.5. The Morgan fingerprint density at radius 2 is 1.83 bits per heavy atom. The van der Waals surface area contributed by atoms with Gasteiger partial charge in [-0.3, -0.25) is 0 Å². The Morgan fingerprint density at radius 1 is 1.25 bits per heavy atom. The van der Waals surface area contributed by atoms with Gasteiger partial charge in [-0.15, -0.1) is 3.69 Å². The van der Waals surface area contributed by atoms with E-state index >= 15 is 0 Å². The van der Waals surface area contributed by atoms with Gasteiger partial charge in [0.05, 0.1) is 6.10 Å². The van der Waals surface area contributed by atoms with Crippen LogP contribution in [0.5, 0.6) is 5.75 Å². The van der Waals surface area contributed by atoms with Crippen molar-refractivity contribution in [1.82, 2.24) is 0 Å². The van der Waals surface area contributed by atoms with Crippen LogP contribution in [0.3, 0.4) is 0 Å². The van der Waals surface area contributed by atoms with E-state index in [-0.39, 0.29) is 6.10 Å². The Balaban J connectivity index is 2.65. The molecule has 0 fully saturated rings. The van der Waals surface area contributed by atoms with Crippen molar-refractivity contribution < 1.29 is 4.74 Å². The lowest BCUT2D eigenvalue weighted by atomic mass is 10.3. The highest BCUT2D eigenvalue weighted by molar-refractivity contribution is 7.01. The van der Waals surface area contributed by atoms with Crippen LogP contribution in [-0.4, -0.2) is 25.4 Å². The molecule has 62 valence electrons. The molecule has 0 bridgehead atoms. The molecule has 1 nitrogen and oxygen atoms in total. The summed E-state index contributed by atoms with van der Waals surface area (Å²) < 4.78 is 6.74. The van der Waals surface area contributed by atoms with Gasteiger partial charge in [-0.25, -0.2) is 0 Å². The van der Waals surface area contributed by atoms with E-state index < -0.39 is 19.3 Å².